The van der Waals surface area contributed by atoms with Crippen molar-refractivity contribution in [2.24, 2.45) is 0 Å². The SMILES string of the molecule is C=Cc1nc(C)cn1/C=C\C. The molecule has 0 spiro atoms. The van der Waals surface area contributed by atoms with E-state index in [2.05, 4.69) is 11.6 Å². The third-order valence-electron chi connectivity index (χ3n) is 1.37. The fraction of sp³-hybridized carbons (Fsp3) is 0.222. The van der Waals surface area contributed by atoms with E-state index in [1.54, 1.807) is 6.08 Å². The summed E-state index contributed by atoms with van der Waals surface area (Å²) in [5.74, 6) is 0.889. The summed E-state index contributed by atoms with van der Waals surface area (Å²) in [4.78, 5) is 4.24. The van der Waals surface area contributed by atoms with E-state index in [9.17, 15) is 0 Å². The zero-order valence-electron chi connectivity index (χ0n) is 6.91. The van der Waals surface area contributed by atoms with Crippen molar-refractivity contribution in [3.63, 3.8) is 0 Å². The molecule has 0 saturated carbocycles. The van der Waals surface area contributed by atoms with E-state index in [1.807, 2.05) is 36.9 Å². The van der Waals surface area contributed by atoms with Crippen molar-refractivity contribution in [3.8, 4) is 0 Å². The van der Waals surface area contributed by atoms with Crippen molar-refractivity contribution in [3.05, 3.63) is 30.4 Å². The van der Waals surface area contributed by atoms with Crippen LogP contribution in [0.4, 0.5) is 0 Å². The Balaban J connectivity index is 3.11. The molecule has 0 fully saturated rings. The first kappa shape index (κ1) is 7.79. The maximum Gasteiger partial charge on any atom is 0.136 e. The Hall–Kier alpha value is -1.31. The normalized spacial score (nSPS) is 10.7. The van der Waals surface area contributed by atoms with Gasteiger partial charge in [0.05, 0.1) is 5.69 Å². The zero-order valence-corrected chi connectivity index (χ0v) is 6.91. The van der Waals surface area contributed by atoms with Crippen LogP contribution in [0.25, 0.3) is 12.3 Å². The quantitative estimate of drug-likeness (QED) is 0.629. The molecule has 1 aromatic heterocycles. The van der Waals surface area contributed by atoms with Crippen molar-refractivity contribution < 1.29 is 0 Å². The number of imidazole rings is 1. The first-order valence-corrected chi connectivity index (χ1v) is 3.58. The average Bonchev–Trinajstić information content (AvgIpc) is 2.32. The standard InChI is InChI=1S/C9H12N2/c1-4-6-11-7-8(3)10-9(11)5-2/h4-7H,2H2,1,3H3/b6-4-. The molecule has 0 aliphatic rings. The summed E-state index contributed by atoms with van der Waals surface area (Å²) in [6, 6.07) is 0. The van der Waals surface area contributed by atoms with Gasteiger partial charge in [-0.1, -0.05) is 12.7 Å². The number of allylic oxidation sites excluding steroid dienone is 1. The summed E-state index contributed by atoms with van der Waals surface area (Å²) in [6.07, 6.45) is 7.63. The topological polar surface area (TPSA) is 17.8 Å². The molecule has 0 saturated heterocycles. The lowest BCUT2D eigenvalue weighted by Crippen LogP contribution is -1.86. The van der Waals surface area contributed by atoms with Gasteiger partial charge in [0.1, 0.15) is 5.82 Å². The molecular weight excluding hydrogens is 136 g/mol. The maximum absolute atomic E-state index is 4.24. The summed E-state index contributed by atoms with van der Waals surface area (Å²) in [7, 11) is 0. The monoisotopic (exact) mass is 148 g/mol. The van der Waals surface area contributed by atoms with Gasteiger partial charge in [0.2, 0.25) is 0 Å². The third-order valence-corrected chi connectivity index (χ3v) is 1.37. The number of rotatable bonds is 2. The van der Waals surface area contributed by atoms with Gasteiger partial charge in [-0.15, -0.1) is 0 Å². The van der Waals surface area contributed by atoms with Crippen LogP contribution in [0.5, 0.6) is 0 Å². The predicted molar refractivity (Wildman–Crippen MR) is 48.1 cm³/mol. The van der Waals surface area contributed by atoms with Crippen molar-refractivity contribution in [1.82, 2.24) is 9.55 Å². The lowest BCUT2D eigenvalue weighted by molar-refractivity contribution is 1.10. The molecule has 2 nitrogen and oxygen atoms in total. The zero-order chi connectivity index (χ0) is 8.27. The molecule has 0 unspecified atom stereocenters. The highest BCUT2D eigenvalue weighted by atomic mass is 15.0. The van der Waals surface area contributed by atoms with E-state index in [4.69, 9.17) is 0 Å². The van der Waals surface area contributed by atoms with Crippen molar-refractivity contribution in [2.45, 2.75) is 13.8 Å². The molecule has 0 atom stereocenters. The van der Waals surface area contributed by atoms with Gasteiger partial charge in [-0.05, 0) is 19.9 Å². The molecule has 0 aliphatic carbocycles. The summed E-state index contributed by atoms with van der Waals surface area (Å²) < 4.78 is 1.95. The molecule has 1 heterocycles. The Labute approximate surface area is 66.9 Å². The summed E-state index contributed by atoms with van der Waals surface area (Å²) in [5, 5.41) is 0. The maximum atomic E-state index is 4.24. The van der Waals surface area contributed by atoms with Crippen LogP contribution in [-0.2, 0) is 0 Å². The molecule has 2 heteroatoms. The molecule has 1 aromatic rings. The number of aryl methyl sites for hydroxylation is 1. The van der Waals surface area contributed by atoms with Crippen LogP contribution in [0.1, 0.15) is 18.4 Å². The third kappa shape index (κ3) is 1.58. The Morgan fingerprint density at radius 3 is 2.91 bits per heavy atom. The van der Waals surface area contributed by atoms with Crippen LogP contribution < -0.4 is 0 Å². The van der Waals surface area contributed by atoms with Crippen LogP contribution in [0.2, 0.25) is 0 Å². The lowest BCUT2D eigenvalue weighted by atomic mass is 10.5. The largest absolute Gasteiger partial charge is 0.307 e. The molecule has 1 rings (SSSR count). The summed E-state index contributed by atoms with van der Waals surface area (Å²) in [5.41, 5.74) is 1.01. The summed E-state index contributed by atoms with van der Waals surface area (Å²) >= 11 is 0. The number of hydrogen-bond donors (Lipinski definition) is 0. The van der Waals surface area contributed by atoms with Gasteiger partial charge in [-0.2, -0.15) is 0 Å². The Kier molecular flexibility index (Phi) is 2.26. The molecule has 0 radical (unpaired) electrons. The van der Waals surface area contributed by atoms with E-state index in [1.165, 1.54) is 0 Å². The Morgan fingerprint density at radius 2 is 2.36 bits per heavy atom. The van der Waals surface area contributed by atoms with Gasteiger partial charge in [-0.25, -0.2) is 4.98 Å². The van der Waals surface area contributed by atoms with Gasteiger partial charge >= 0.3 is 0 Å². The predicted octanol–water partition coefficient (Wildman–Crippen LogP) is 2.33. The van der Waals surface area contributed by atoms with E-state index in [-0.39, 0.29) is 0 Å². The molecule has 0 aliphatic heterocycles. The van der Waals surface area contributed by atoms with Crippen LogP contribution in [-0.4, -0.2) is 9.55 Å². The minimum atomic E-state index is 0.889. The first-order chi connectivity index (χ1) is 5.27. The van der Waals surface area contributed by atoms with E-state index in [0.29, 0.717) is 0 Å². The molecule has 58 valence electrons. The van der Waals surface area contributed by atoms with Gasteiger partial charge < -0.3 is 4.57 Å². The molecule has 0 bridgehead atoms. The molecule has 0 N–H and O–H groups in total. The highest BCUT2D eigenvalue weighted by Gasteiger charge is 1.96. The first-order valence-electron chi connectivity index (χ1n) is 3.58. The molecule has 0 aromatic carbocycles. The fourth-order valence-corrected chi connectivity index (χ4v) is 0.966. The van der Waals surface area contributed by atoms with Crippen LogP contribution >= 0.6 is 0 Å². The Bertz CT molecular complexity index is 282. The molecule has 0 amide bonds. The lowest BCUT2D eigenvalue weighted by Gasteiger charge is -1.93. The van der Waals surface area contributed by atoms with Crippen LogP contribution in [0.15, 0.2) is 18.9 Å². The number of hydrogen-bond acceptors (Lipinski definition) is 1. The minimum absolute atomic E-state index is 0.889. The average molecular weight is 148 g/mol. The van der Waals surface area contributed by atoms with Gasteiger partial charge in [0.25, 0.3) is 0 Å². The fourth-order valence-electron chi connectivity index (χ4n) is 0.966. The van der Waals surface area contributed by atoms with E-state index >= 15 is 0 Å². The van der Waals surface area contributed by atoms with E-state index in [0.717, 1.165) is 11.5 Å². The Morgan fingerprint density at radius 1 is 1.64 bits per heavy atom. The highest BCUT2D eigenvalue weighted by molar-refractivity contribution is 5.43. The van der Waals surface area contributed by atoms with Crippen molar-refractivity contribution in [2.75, 3.05) is 0 Å². The van der Waals surface area contributed by atoms with Gasteiger partial charge in [0, 0.05) is 12.4 Å². The van der Waals surface area contributed by atoms with Crippen LogP contribution in [0.3, 0.4) is 0 Å². The van der Waals surface area contributed by atoms with E-state index < -0.39 is 0 Å². The van der Waals surface area contributed by atoms with Crippen molar-refractivity contribution >= 4 is 12.3 Å². The highest BCUT2D eigenvalue weighted by Crippen LogP contribution is 2.03. The van der Waals surface area contributed by atoms with Gasteiger partial charge in [-0.3, -0.25) is 0 Å². The summed E-state index contributed by atoms with van der Waals surface area (Å²) in [6.45, 7) is 7.61. The van der Waals surface area contributed by atoms with Crippen LogP contribution in [0, 0.1) is 6.92 Å². The molecule has 11 heavy (non-hydrogen) atoms. The smallest absolute Gasteiger partial charge is 0.136 e. The second kappa shape index (κ2) is 3.19. The number of nitrogens with zero attached hydrogens (tertiary/aromatic N) is 2. The minimum Gasteiger partial charge on any atom is -0.307 e. The van der Waals surface area contributed by atoms with Crippen molar-refractivity contribution in [1.29, 1.82) is 0 Å². The second-order valence-electron chi connectivity index (χ2n) is 2.33. The second-order valence-corrected chi connectivity index (χ2v) is 2.33. The number of aromatic nitrogens is 2. The molecular formula is C9H12N2. The van der Waals surface area contributed by atoms with Gasteiger partial charge in [0.15, 0.2) is 0 Å².